The summed E-state index contributed by atoms with van der Waals surface area (Å²) in [6.45, 7) is 4.33. The monoisotopic (exact) mass is 154 g/mol. The van der Waals surface area contributed by atoms with Gasteiger partial charge in [0, 0.05) is 0 Å². The van der Waals surface area contributed by atoms with E-state index in [1.165, 1.54) is 0 Å². The van der Waals surface area contributed by atoms with Crippen molar-refractivity contribution >= 4 is 5.97 Å². The van der Waals surface area contributed by atoms with Crippen LogP contribution in [-0.4, -0.2) is 12.1 Å². The lowest BCUT2D eigenvalue weighted by molar-refractivity contribution is -0.144. The topological polar surface area (TPSA) is 26.3 Å². The van der Waals surface area contributed by atoms with Crippen LogP contribution in [-0.2, 0) is 9.53 Å². The van der Waals surface area contributed by atoms with Crippen LogP contribution in [0.2, 0.25) is 0 Å². The molecule has 0 aromatic heterocycles. The van der Waals surface area contributed by atoms with Gasteiger partial charge in [0.05, 0.1) is 5.92 Å². The van der Waals surface area contributed by atoms with Gasteiger partial charge in [-0.25, -0.2) is 0 Å². The van der Waals surface area contributed by atoms with Crippen LogP contribution in [0.15, 0.2) is 0 Å². The Bertz CT molecular complexity index is 188. The Morgan fingerprint density at radius 1 is 1.27 bits per heavy atom. The van der Waals surface area contributed by atoms with Gasteiger partial charge >= 0.3 is 5.97 Å². The van der Waals surface area contributed by atoms with Gasteiger partial charge in [0.2, 0.25) is 0 Å². The molecule has 1 saturated carbocycles. The van der Waals surface area contributed by atoms with Crippen LogP contribution in [0.1, 0.15) is 26.7 Å². The Morgan fingerprint density at radius 3 is 2.73 bits per heavy atom. The SMILES string of the molecule is CC1C[C@@H](C)C2CC1C(=O)O2. The zero-order valence-electron chi connectivity index (χ0n) is 7.04. The van der Waals surface area contributed by atoms with Crippen LogP contribution in [0.3, 0.4) is 0 Å². The van der Waals surface area contributed by atoms with Crippen LogP contribution < -0.4 is 0 Å². The number of carbonyl (C=O) groups is 1. The van der Waals surface area contributed by atoms with Crippen molar-refractivity contribution in [3.05, 3.63) is 0 Å². The molecule has 2 aliphatic rings. The smallest absolute Gasteiger partial charge is 0.309 e. The molecule has 1 aliphatic heterocycles. The number of rotatable bonds is 0. The summed E-state index contributed by atoms with van der Waals surface area (Å²) in [5.41, 5.74) is 0. The minimum atomic E-state index is 0.0480. The van der Waals surface area contributed by atoms with E-state index in [-0.39, 0.29) is 18.0 Å². The molecule has 2 rings (SSSR count). The first kappa shape index (κ1) is 7.14. The van der Waals surface area contributed by atoms with Crippen LogP contribution in [0, 0.1) is 17.8 Å². The molecule has 1 saturated heterocycles. The molecule has 0 spiro atoms. The number of fused-ring (bicyclic) bond motifs is 2. The summed E-state index contributed by atoms with van der Waals surface area (Å²) >= 11 is 0. The quantitative estimate of drug-likeness (QED) is 0.495. The number of hydrogen-bond acceptors (Lipinski definition) is 2. The predicted octanol–water partition coefficient (Wildman–Crippen LogP) is 1.59. The predicted molar refractivity (Wildman–Crippen MR) is 40.9 cm³/mol. The van der Waals surface area contributed by atoms with Crippen molar-refractivity contribution in [3.63, 3.8) is 0 Å². The average molecular weight is 154 g/mol. The maximum Gasteiger partial charge on any atom is 0.309 e. The second-order valence-corrected chi connectivity index (χ2v) is 4.01. The fourth-order valence-electron chi connectivity index (χ4n) is 2.35. The van der Waals surface area contributed by atoms with E-state index < -0.39 is 0 Å². The van der Waals surface area contributed by atoms with Crippen molar-refractivity contribution in [2.24, 2.45) is 17.8 Å². The molecule has 2 nitrogen and oxygen atoms in total. The number of hydrogen-bond donors (Lipinski definition) is 0. The lowest BCUT2D eigenvalue weighted by atomic mass is 9.76. The standard InChI is InChI=1S/C9H14O2/c1-5-3-6(2)8-4-7(5)9(10)11-8/h5-8H,3-4H2,1-2H3/t5?,6-,7?,8?/m1/s1. The highest BCUT2D eigenvalue weighted by Crippen LogP contribution is 2.41. The average Bonchev–Trinajstić information content (AvgIpc) is 2.26. The van der Waals surface area contributed by atoms with Gasteiger partial charge in [-0.2, -0.15) is 0 Å². The molecule has 2 fully saturated rings. The van der Waals surface area contributed by atoms with Crippen LogP contribution in [0.25, 0.3) is 0 Å². The van der Waals surface area contributed by atoms with Crippen LogP contribution in [0.5, 0.6) is 0 Å². The Labute approximate surface area is 66.9 Å². The second-order valence-electron chi connectivity index (χ2n) is 4.01. The third-order valence-corrected chi connectivity index (χ3v) is 3.12. The van der Waals surface area contributed by atoms with E-state index in [0.29, 0.717) is 11.8 Å². The molecule has 11 heavy (non-hydrogen) atoms. The molecule has 2 bridgehead atoms. The summed E-state index contributed by atoms with van der Waals surface area (Å²) in [4.78, 5) is 11.2. The zero-order chi connectivity index (χ0) is 8.01. The van der Waals surface area contributed by atoms with Crippen LogP contribution in [0.4, 0.5) is 0 Å². The van der Waals surface area contributed by atoms with Gasteiger partial charge in [-0.3, -0.25) is 4.79 Å². The summed E-state index contributed by atoms with van der Waals surface area (Å²) in [6, 6.07) is 0. The molecule has 0 radical (unpaired) electrons. The van der Waals surface area contributed by atoms with Gasteiger partial charge in [-0.05, 0) is 24.7 Å². The minimum absolute atomic E-state index is 0.0480. The summed E-state index contributed by atoms with van der Waals surface area (Å²) in [6.07, 6.45) is 2.37. The maximum absolute atomic E-state index is 11.2. The van der Waals surface area contributed by atoms with E-state index in [1.54, 1.807) is 0 Å². The molecule has 0 aromatic carbocycles. The first-order valence-corrected chi connectivity index (χ1v) is 4.39. The van der Waals surface area contributed by atoms with Crippen molar-refractivity contribution in [3.8, 4) is 0 Å². The Kier molecular flexibility index (Phi) is 1.44. The number of ether oxygens (including phenoxy) is 1. The lowest BCUT2D eigenvalue weighted by Gasteiger charge is -2.26. The van der Waals surface area contributed by atoms with E-state index in [1.807, 2.05) is 0 Å². The molecular weight excluding hydrogens is 140 g/mol. The van der Waals surface area contributed by atoms with Gasteiger partial charge in [0.1, 0.15) is 6.10 Å². The van der Waals surface area contributed by atoms with E-state index in [4.69, 9.17) is 4.74 Å². The van der Waals surface area contributed by atoms with Crippen molar-refractivity contribution in [1.29, 1.82) is 0 Å². The molecule has 0 aromatic rings. The molecule has 62 valence electrons. The number of carbonyl (C=O) groups excluding carboxylic acids is 1. The van der Waals surface area contributed by atoms with Crippen LogP contribution >= 0.6 is 0 Å². The Balaban J connectivity index is 2.20. The molecule has 4 atom stereocenters. The minimum Gasteiger partial charge on any atom is -0.462 e. The molecule has 0 amide bonds. The van der Waals surface area contributed by atoms with Crippen molar-refractivity contribution in [2.75, 3.05) is 0 Å². The normalized spacial score (nSPS) is 49.1. The zero-order valence-corrected chi connectivity index (χ0v) is 7.04. The first-order chi connectivity index (χ1) is 5.18. The van der Waals surface area contributed by atoms with Crippen molar-refractivity contribution < 1.29 is 9.53 Å². The van der Waals surface area contributed by atoms with Gasteiger partial charge < -0.3 is 4.74 Å². The molecule has 3 unspecified atom stereocenters. The van der Waals surface area contributed by atoms with Gasteiger partial charge in [-0.1, -0.05) is 13.8 Å². The number of esters is 1. The highest BCUT2D eigenvalue weighted by Gasteiger charge is 2.45. The van der Waals surface area contributed by atoms with Crippen molar-refractivity contribution in [1.82, 2.24) is 0 Å². The highest BCUT2D eigenvalue weighted by atomic mass is 16.6. The van der Waals surface area contributed by atoms with Gasteiger partial charge in [-0.15, -0.1) is 0 Å². The molecule has 2 heteroatoms. The third-order valence-electron chi connectivity index (χ3n) is 3.12. The Morgan fingerprint density at radius 2 is 2.00 bits per heavy atom. The largest absolute Gasteiger partial charge is 0.462 e. The molecule has 1 aliphatic carbocycles. The summed E-state index contributed by atoms with van der Waals surface area (Å²) in [5, 5.41) is 0. The Hall–Kier alpha value is -0.530. The van der Waals surface area contributed by atoms with Crippen molar-refractivity contribution in [2.45, 2.75) is 32.8 Å². The van der Waals surface area contributed by atoms with E-state index in [2.05, 4.69) is 13.8 Å². The van der Waals surface area contributed by atoms with Gasteiger partial charge in [0.15, 0.2) is 0 Å². The van der Waals surface area contributed by atoms with E-state index in [0.717, 1.165) is 12.8 Å². The summed E-state index contributed by atoms with van der Waals surface area (Å²) < 4.78 is 5.23. The summed E-state index contributed by atoms with van der Waals surface area (Å²) in [7, 11) is 0. The highest BCUT2D eigenvalue weighted by molar-refractivity contribution is 5.75. The van der Waals surface area contributed by atoms with Gasteiger partial charge in [0.25, 0.3) is 0 Å². The fraction of sp³-hybridized carbons (Fsp3) is 0.889. The molecule has 1 heterocycles. The van der Waals surface area contributed by atoms with E-state index >= 15 is 0 Å². The maximum atomic E-state index is 11.2. The fourth-order valence-corrected chi connectivity index (χ4v) is 2.35. The molecular formula is C9H14O2. The van der Waals surface area contributed by atoms with E-state index in [9.17, 15) is 4.79 Å². The third kappa shape index (κ3) is 0.959. The molecule has 0 N–H and O–H groups in total. The lowest BCUT2D eigenvalue weighted by Crippen LogP contribution is -2.26. The second kappa shape index (κ2) is 2.23. The summed E-state index contributed by atoms with van der Waals surface area (Å²) in [5.74, 6) is 1.38. The first-order valence-electron chi connectivity index (χ1n) is 4.39.